The van der Waals surface area contributed by atoms with Crippen molar-refractivity contribution in [2.24, 2.45) is 11.7 Å². The van der Waals surface area contributed by atoms with Crippen LogP contribution in [-0.4, -0.2) is 50.6 Å². The average molecular weight is 527 g/mol. The number of rotatable bonds is 8. The van der Waals surface area contributed by atoms with Gasteiger partial charge in [0.05, 0.1) is 22.7 Å². The number of ether oxygens (including phenoxy) is 1. The lowest BCUT2D eigenvalue weighted by Crippen LogP contribution is -2.30. The Labute approximate surface area is 206 Å². The van der Waals surface area contributed by atoms with E-state index in [1.807, 2.05) is 0 Å². The van der Waals surface area contributed by atoms with Gasteiger partial charge in [-0.05, 0) is 37.3 Å². The third-order valence-electron chi connectivity index (χ3n) is 5.43. The van der Waals surface area contributed by atoms with Gasteiger partial charge in [0, 0.05) is 17.7 Å². The molecule has 0 saturated heterocycles. The number of nitrogens with zero attached hydrogens (tertiary/aromatic N) is 1. The second-order valence-electron chi connectivity index (χ2n) is 7.81. The molecular weight excluding hydrogens is 500 g/mol. The Kier molecular flexibility index (Phi) is 8.34. The molecule has 1 fully saturated rings. The van der Waals surface area contributed by atoms with Gasteiger partial charge in [-0.3, -0.25) is 19.7 Å². The molecule has 1 aromatic heterocycles. The van der Waals surface area contributed by atoms with Crippen LogP contribution in [0.4, 0.5) is 10.8 Å². The van der Waals surface area contributed by atoms with Crippen molar-refractivity contribution in [3.63, 3.8) is 0 Å². The number of anilines is 2. The lowest BCUT2D eigenvalue weighted by Gasteiger charge is -2.14. The lowest BCUT2D eigenvalue weighted by atomic mass is 9.95. The largest absolute Gasteiger partial charge is 0.497 e. The Balaban J connectivity index is 1.78. The zero-order chi connectivity index (χ0) is 25.0. The SMILES string of the molecule is COc1ccc(NC(=O)C(=O)Nc2nc(C(N)S(C)(=O)=O)c(SC)s2)c(C(=O)C2CCCC2)c1. The first kappa shape index (κ1) is 26.1. The number of Topliss-reactive ketones (excluding diaryl/α,β-unsaturated/α-hetero) is 1. The molecule has 1 heterocycles. The van der Waals surface area contributed by atoms with Crippen molar-refractivity contribution in [3.05, 3.63) is 29.5 Å². The molecule has 184 valence electrons. The summed E-state index contributed by atoms with van der Waals surface area (Å²) in [6, 6.07) is 4.66. The molecule has 0 spiro atoms. The Morgan fingerprint density at radius 3 is 2.44 bits per heavy atom. The number of benzene rings is 1. The van der Waals surface area contributed by atoms with Crippen LogP contribution in [0.5, 0.6) is 5.75 Å². The first-order chi connectivity index (χ1) is 16.0. The van der Waals surface area contributed by atoms with E-state index in [0.29, 0.717) is 9.96 Å². The van der Waals surface area contributed by atoms with E-state index in [1.165, 1.54) is 24.9 Å². The Bertz CT molecular complexity index is 1210. The first-order valence-electron chi connectivity index (χ1n) is 10.4. The molecule has 1 aliphatic rings. The van der Waals surface area contributed by atoms with Crippen LogP contribution in [-0.2, 0) is 19.4 Å². The summed E-state index contributed by atoms with van der Waals surface area (Å²) in [5.74, 6) is -1.78. The molecule has 0 bridgehead atoms. The summed E-state index contributed by atoms with van der Waals surface area (Å²) in [4.78, 5) is 42.3. The van der Waals surface area contributed by atoms with Gasteiger partial charge < -0.3 is 15.8 Å². The molecular formula is C21H26N4O6S3. The number of carbonyl (C=O) groups excluding carboxylic acids is 3. The van der Waals surface area contributed by atoms with Crippen LogP contribution in [0.15, 0.2) is 22.4 Å². The topological polar surface area (TPSA) is 158 Å². The van der Waals surface area contributed by atoms with Crippen LogP contribution in [0, 0.1) is 5.92 Å². The molecule has 1 atom stereocenters. The molecule has 1 unspecified atom stereocenters. The number of thioether (sulfide) groups is 1. The van der Waals surface area contributed by atoms with E-state index in [0.717, 1.165) is 43.3 Å². The fraction of sp³-hybridized carbons (Fsp3) is 0.429. The summed E-state index contributed by atoms with van der Waals surface area (Å²) in [5.41, 5.74) is 6.39. The standard InChI is InChI=1S/C21H26N4O6S3/c1-31-12-8-9-14(13(10-12)16(26)11-6-4-5-7-11)23-18(27)19(28)25-21-24-15(20(32-2)33-21)17(22)34(3,29)30/h8-11,17H,4-7,22H2,1-3H3,(H,23,27)(H,24,25,28). The predicted octanol–water partition coefficient (Wildman–Crippen LogP) is 2.83. The van der Waals surface area contributed by atoms with Gasteiger partial charge in [-0.25, -0.2) is 13.4 Å². The van der Waals surface area contributed by atoms with Gasteiger partial charge >= 0.3 is 11.8 Å². The summed E-state index contributed by atoms with van der Waals surface area (Å²) < 4.78 is 29.3. The fourth-order valence-electron chi connectivity index (χ4n) is 3.60. The number of nitrogens with one attached hydrogen (secondary N) is 2. The zero-order valence-electron chi connectivity index (χ0n) is 18.9. The minimum Gasteiger partial charge on any atom is -0.497 e. The number of thiazole rings is 1. The number of sulfone groups is 1. The van der Waals surface area contributed by atoms with E-state index >= 15 is 0 Å². The molecule has 1 aromatic carbocycles. The number of hydrogen-bond acceptors (Lipinski definition) is 10. The van der Waals surface area contributed by atoms with Gasteiger partial charge in [0.25, 0.3) is 0 Å². The molecule has 0 aliphatic heterocycles. The number of amides is 2. The molecule has 2 amide bonds. The highest BCUT2D eigenvalue weighted by Gasteiger charge is 2.29. The second kappa shape index (κ2) is 10.8. The molecule has 1 aliphatic carbocycles. The maximum atomic E-state index is 13.0. The van der Waals surface area contributed by atoms with Crippen LogP contribution in [0.1, 0.15) is 47.1 Å². The second-order valence-corrected chi connectivity index (χ2v) is 12.1. The van der Waals surface area contributed by atoms with Gasteiger partial charge in [-0.2, -0.15) is 0 Å². The summed E-state index contributed by atoms with van der Waals surface area (Å²) in [7, 11) is -2.13. The molecule has 2 aromatic rings. The van der Waals surface area contributed by atoms with Gasteiger partial charge in [-0.1, -0.05) is 24.2 Å². The Morgan fingerprint density at radius 2 is 1.85 bits per heavy atom. The highest BCUT2D eigenvalue weighted by Crippen LogP contribution is 2.35. The summed E-state index contributed by atoms with van der Waals surface area (Å²) in [6.45, 7) is 0. The predicted molar refractivity (Wildman–Crippen MR) is 132 cm³/mol. The monoisotopic (exact) mass is 526 g/mol. The van der Waals surface area contributed by atoms with E-state index < -0.39 is 27.0 Å². The van der Waals surface area contributed by atoms with Crippen molar-refractivity contribution in [2.45, 2.75) is 35.3 Å². The summed E-state index contributed by atoms with van der Waals surface area (Å²) >= 11 is 2.24. The highest BCUT2D eigenvalue weighted by molar-refractivity contribution is 8.00. The lowest BCUT2D eigenvalue weighted by molar-refractivity contribution is -0.133. The van der Waals surface area contributed by atoms with Gasteiger partial charge in [0.15, 0.2) is 26.1 Å². The van der Waals surface area contributed by atoms with Crippen molar-refractivity contribution < 1.29 is 27.5 Å². The highest BCUT2D eigenvalue weighted by atomic mass is 32.2. The van der Waals surface area contributed by atoms with Crippen molar-refractivity contribution in [2.75, 3.05) is 30.3 Å². The number of hydrogen-bond donors (Lipinski definition) is 3. The summed E-state index contributed by atoms with van der Waals surface area (Å²) in [6.07, 6.45) is 6.22. The van der Waals surface area contributed by atoms with Crippen LogP contribution < -0.4 is 21.1 Å². The third kappa shape index (κ3) is 5.95. The quantitative estimate of drug-likeness (QED) is 0.267. The van der Waals surface area contributed by atoms with Crippen molar-refractivity contribution in [1.82, 2.24) is 4.98 Å². The molecule has 4 N–H and O–H groups in total. The van der Waals surface area contributed by atoms with Crippen molar-refractivity contribution >= 4 is 61.4 Å². The Hall–Kier alpha value is -2.48. The van der Waals surface area contributed by atoms with E-state index in [2.05, 4.69) is 15.6 Å². The first-order valence-corrected chi connectivity index (χ1v) is 14.4. The van der Waals surface area contributed by atoms with Crippen LogP contribution in [0.25, 0.3) is 0 Å². The summed E-state index contributed by atoms with van der Waals surface area (Å²) in [5, 5.41) is 3.55. The molecule has 10 nitrogen and oxygen atoms in total. The Morgan fingerprint density at radius 1 is 1.21 bits per heavy atom. The maximum absolute atomic E-state index is 13.0. The molecule has 1 saturated carbocycles. The minimum atomic E-state index is -3.61. The van der Waals surface area contributed by atoms with Crippen LogP contribution in [0.3, 0.4) is 0 Å². The van der Waals surface area contributed by atoms with Crippen molar-refractivity contribution in [1.29, 1.82) is 0 Å². The third-order valence-corrected chi connectivity index (χ3v) is 8.69. The number of ketones is 1. The fourth-order valence-corrected chi connectivity index (χ4v) is 6.02. The van der Waals surface area contributed by atoms with E-state index in [-0.39, 0.29) is 33.8 Å². The number of methoxy groups -OCH3 is 1. The van der Waals surface area contributed by atoms with Gasteiger partial charge in [0.1, 0.15) is 5.75 Å². The van der Waals surface area contributed by atoms with E-state index in [9.17, 15) is 22.8 Å². The number of carbonyl (C=O) groups is 3. The van der Waals surface area contributed by atoms with Crippen molar-refractivity contribution in [3.8, 4) is 5.75 Å². The van der Waals surface area contributed by atoms with E-state index in [1.54, 1.807) is 18.4 Å². The van der Waals surface area contributed by atoms with Gasteiger partial charge in [0.2, 0.25) is 0 Å². The number of nitrogens with two attached hydrogens (primary N) is 1. The number of aromatic nitrogens is 1. The average Bonchev–Trinajstić information content (AvgIpc) is 3.47. The van der Waals surface area contributed by atoms with E-state index in [4.69, 9.17) is 10.5 Å². The molecule has 34 heavy (non-hydrogen) atoms. The molecule has 13 heteroatoms. The smallest absolute Gasteiger partial charge is 0.315 e. The normalized spacial score (nSPS) is 15.1. The van der Waals surface area contributed by atoms with Crippen LogP contribution >= 0.6 is 23.1 Å². The minimum absolute atomic E-state index is 0.0376. The van der Waals surface area contributed by atoms with Crippen LogP contribution in [0.2, 0.25) is 0 Å². The van der Waals surface area contributed by atoms with Gasteiger partial charge in [-0.15, -0.1) is 11.8 Å². The molecule has 3 rings (SSSR count). The maximum Gasteiger partial charge on any atom is 0.315 e. The zero-order valence-corrected chi connectivity index (χ0v) is 21.4. The molecule has 0 radical (unpaired) electrons.